The van der Waals surface area contributed by atoms with Crippen LogP contribution >= 0.6 is 0 Å². The van der Waals surface area contributed by atoms with Crippen LogP contribution in [0.15, 0.2) is 30.0 Å². The van der Waals surface area contributed by atoms with Crippen LogP contribution < -0.4 is 0 Å². The molecule has 0 aliphatic heterocycles. The summed E-state index contributed by atoms with van der Waals surface area (Å²) in [5.41, 5.74) is 1.12. The maximum atomic E-state index is 12.5. The number of hydrogen-bond donors (Lipinski definition) is 0. The van der Waals surface area contributed by atoms with Gasteiger partial charge in [-0.15, -0.1) is 0 Å². The molecule has 0 saturated carbocycles. The minimum atomic E-state index is -4.38. The van der Waals surface area contributed by atoms with Gasteiger partial charge in [0.25, 0.3) is 0 Å². The molecule has 1 heterocycles. The molecule has 0 unspecified atom stereocenters. The van der Waals surface area contributed by atoms with Gasteiger partial charge < -0.3 is 0 Å². The van der Waals surface area contributed by atoms with Crippen molar-refractivity contribution in [1.29, 1.82) is 0 Å². The molecule has 5 heteroatoms. The number of rotatable bonds is 2. The number of alkyl halides is 3. The molecule has 1 aromatic rings. The van der Waals surface area contributed by atoms with E-state index in [1.165, 1.54) is 16.5 Å². The first-order valence-corrected chi connectivity index (χ1v) is 5.92. The van der Waals surface area contributed by atoms with Crippen molar-refractivity contribution in [3.05, 3.63) is 35.7 Å². The molecule has 0 spiro atoms. The lowest BCUT2D eigenvalue weighted by Crippen LogP contribution is -2.08. The highest BCUT2D eigenvalue weighted by molar-refractivity contribution is 5.59. The molecule has 1 aliphatic rings. The molecule has 0 aromatic carbocycles. The van der Waals surface area contributed by atoms with E-state index >= 15 is 0 Å². The van der Waals surface area contributed by atoms with E-state index in [1.54, 1.807) is 0 Å². The topological polar surface area (TPSA) is 17.8 Å². The van der Waals surface area contributed by atoms with E-state index in [0.717, 1.165) is 24.6 Å². The molecular formula is C13H15F3N2. The SMILES string of the molecule is CC(C)C1=CC(n2ccc(C(F)(F)F)n2)=CCC1. The molecular weight excluding hydrogens is 241 g/mol. The van der Waals surface area contributed by atoms with Crippen LogP contribution in [0.25, 0.3) is 5.70 Å². The van der Waals surface area contributed by atoms with Crippen molar-refractivity contribution in [2.24, 2.45) is 5.92 Å². The summed E-state index contributed by atoms with van der Waals surface area (Å²) in [4.78, 5) is 0. The molecule has 2 rings (SSSR count). The lowest BCUT2D eigenvalue weighted by Gasteiger charge is -2.16. The molecule has 18 heavy (non-hydrogen) atoms. The Balaban J connectivity index is 2.28. The van der Waals surface area contributed by atoms with Crippen molar-refractivity contribution >= 4 is 5.70 Å². The van der Waals surface area contributed by atoms with E-state index in [-0.39, 0.29) is 0 Å². The molecule has 2 nitrogen and oxygen atoms in total. The molecule has 0 atom stereocenters. The number of hydrogen-bond acceptors (Lipinski definition) is 1. The number of halogens is 3. The van der Waals surface area contributed by atoms with Gasteiger partial charge in [0.15, 0.2) is 5.69 Å². The van der Waals surface area contributed by atoms with Crippen LogP contribution in [0.4, 0.5) is 13.2 Å². The Kier molecular flexibility index (Phi) is 3.32. The highest BCUT2D eigenvalue weighted by atomic mass is 19.4. The van der Waals surface area contributed by atoms with Gasteiger partial charge in [0.05, 0.1) is 5.70 Å². The van der Waals surface area contributed by atoms with E-state index < -0.39 is 11.9 Å². The summed E-state index contributed by atoms with van der Waals surface area (Å²) >= 11 is 0. The second-order valence-electron chi connectivity index (χ2n) is 4.68. The van der Waals surface area contributed by atoms with E-state index in [2.05, 4.69) is 18.9 Å². The Hall–Kier alpha value is -1.52. The molecule has 98 valence electrons. The Morgan fingerprint density at radius 1 is 1.33 bits per heavy atom. The lowest BCUT2D eigenvalue weighted by molar-refractivity contribution is -0.141. The second kappa shape index (κ2) is 4.63. The molecule has 0 radical (unpaired) electrons. The summed E-state index contributed by atoms with van der Waals surface area (Å²) in [6.45, 7) is 4.16. The van der Waals surface area contributed by atoms with Gasteiger partial charge in [-0.2, -0.15) is 18.3 Å². The fourth-order valence-electron chi connectivity index (χ4n) is 1.94. The molecule has 0 amide bonds. The summed E-state index contributed by atoms with van der Waals surface area (Å²) in [7, 11) is 0. The van der Waals surface area contributed by atoms with Gasteiger partial charge in [-0.3, -0.25) is 0 Å². The van der Waals surface area contributed by atoms with E-state index in [0.29, 0.717) is 5.92 Å². The van der Waals surface area contributed by atoms with Gasteiger partial charge >= 0.3 is 6.18 Å². The average Bonchev–Trinajstić information content (AvgIpc) is 2.78. The van der Waals surface area contributed by atoms with Gasteiger partial charge in [-0.25, -0.2) is 4.68 Å². The average molecular weight is 256 g/mol. The third kappa shape index (κ3) is 2.66. The quantitative estimate of drug-likeness (QED) is 0.778. The standard InChI is InChI=1S/C13H15F3N2/c1-9(2)10-4-3-5-11(8-10)18-7-6-12(17-18)13(14,15)16/h5-9H,3-4H2,1-2H3. The number of aromatic nitrogens is 2. The third-order valence-corrected chi connectivity index (χ3v) is 3.01. The maximum Gasteiger partial charge on any atom is 0.435 e. The minimum Gasteiger partial charge on any atom is -0.241 e. The van der Waals surface area contributed by atoms with E-state index in [1.807, 2.05) is 12.2 Å². The summed E-state index contributed by atoms with van der Waals surface area (Å²) in [6.07, 6.45) is 2.63. The molecule has 0 N–H and O–H groups in total. The summed E-state index contributed by atoms with van der Waals surface area (Å²) in [5, 5.41) is 3.58. The van der Waals surface area contributed by atoms with Crippen molar-refractivity contribution in [2.75, 3.05) is 0 Å². The Labute approximate surface area is 104 Å². The van der Waals surface area contributed by atoms with Crippen molar-refractivity contribution in [3.8, 4) is 0 Å². The highest BCUT2D eigenvalue weighted by Crippen LogP contribution is 2.29. The van der Waals surface area contributed by atoms with E-state index in [4.69, 9.17) is 0 Å². The minimum absolute atomic E-state index is 0.409. The third-order valence-electron chi connectivity index (χ3n) is 3.01. The van der Waals surface area contributed by atoms with Gasteiger partial charge in [0.1, 0.15) is 0 Å². The molecule has 0 fully saturated rings. The van der Waals surface area contributed by atoms with Crippen LogP contribution in [0.2, 0.25) is 0 Å². The van der Waals surface area contributed by atoms with Gasteiger partial charge in [-0.1, -0.05) is 25.5 Å². The van der Waals surface area contributed by atoms with Gasteiger partial charge in [0.2, 0.25) is 0 Å². The molecule has 1 aliphatic carbocycles. The van der Waals surface area contributed by atoms with Crippen molar-refractivity contribution in [1.82, 2.24) is 9.78 Å². The van der Waals surface area contributed by atoms with Crippen LogP contribution in [0, 0.1) is 5.92 Å². The normalized spacial score (nSPS) is 16.8. The van der Waals surface area contributed by atoms with Crippen molar-refractivity contribution < 1.29 is 13.2 Å². The van der Waals surface area contributed by atoms with Crippen molar-refractivity contribution in [3.63, 3.8) is 0 Å². The van der Waals surface area contributed by atoms with Gasteiger partial charge in [0, 0.05) is 6.20 Å². The zero-order valence-corrected chi connectivity index (χ0v) is 10.3. The summed E-state index contributed by atoms with van der Waals surface area (Å²) in [5.74, 6) is 0.409. The van der Waals surface area contributed by atoms with Crippen LogP contribution in [-0.2, 0) is 6.18 Å². The first-order chi connectivity index (χ1) is 8.38. The lowest BCUT2D eigenvalue weighted by atomic mass is 9.94. The van der Waals surface area contributed by atoms with Gasteiger partial charge in [-0.05, 0) is 30.9 Å². The van der Waals surface area contributed by atoms with Crippen molar-refractivity contribution in [2.45, 2.75) is 32.9 Å². The summed E-state index contributed by atoms with van der Waals surface area (Å²) < 4.78 is 38.7. The predicted octanol–water partition coefficient (Wildman–Crippen LogP) is 4.12. The molecule has 0 bridgehead atoms. The highest BCUT2D eigenvalue weighted by Gasteiger charge is 2.33. The maximum absolute atomic E-state index is 12.5. The van der Waals surface area contributed by atoms with Crippen LogP contribution in [0.5, 0.6) is 0 Å². The van der Waals surface area contributed by atoms with Crippen LogP contribution in [0.3, 0.4) is 0 Å². The molecule has 1 aromatic heterocycles. The Bertz CT molecular complexity index is 493. The molecule has 0 saturated heterocycles. The van der Waals surface area contributed by atoms with Crippen LogP contribution in [0.1, 0.15) is 32.4 Å². The number of allylic oxidation sites excluding steroid dienone is 4. The Morgan fingerprint density at radius 2 is 2.06 bits per heavy atom. The first kappa shape index (κ1) is 12.9. The van der Waals surface area contributed by atoms with Crippen LogP contribution in [-0.4, -0.2) is 9.78 Å². The largest absolute Gasteiger partial charge is 0.435 e. The number of nitrogens with zero attached hydrogens (tertiary/aromatic N) is 2. The fourth-order valence-corrected chi connectivity index (χ4v) is 1.94. The smallest absolute Gasteiger partial charge is 0.241 e. The zero-order valence-electron chi connectivity index (χ0n) is 10.3. The Morgan fingerprint density at radius 3 is 2.61 bits per heavy atom. The zero-order chi connectivity index (χ0) is 13.3. The fraction of sp³-hybridized carbons (Fsp3) is 0.462. The first-order valence-electron chi connectivity index (χ1n) is 5.92. The predicted molar refractivity (Wildman–Crippen MR) is 63.7 cm³/mol. The van der Waals surface area contributed by atoms with E-state index in [9.17, 15) is 13.2 Å². The second-order valence-corrected chi connectivity index (χ2v) is 4.68. The summed E-state index contributed by atoms with van der Waals surface area (Å²) in [6, 6.07) is 0.998. The monoisotopic (exact) mass is 256 g/mol.